The van der Waals surface area contributed by atoms with Crippen molar-refractivity contribution in [3.05, 3.63) is 0 Å². The molecule has 0 atom stereocenters. The Bertz CT molecular complexity index is 308. The van der Waals surface area contributed by atoms with Gasteiger partial charge in [0.2, 0.25) is 0 Å². The van der Waals surface area contributed by atoms with Gasteiger partial charge in [-0.25, -0.2) is 0 Å². The van der Waals surface area contributed by atoms with Crippen LogP contribution in [0.25, 0.3) is 0 Å². The maximum absolute atomic E-state index is 9.29. The molecule has 4 nitrogen and oxygen atoms in total. The number of aliphatic hydroxyl groups excluding tert-OH is 1. The van der Waals surface area contributed by atoms with Crippen molar-refractivity contribution >= 4 is 41.7 Å². The Labute approximate surface area is 158 Å². The van der Waals surface area contributed by atoms with E-state index in [0.29, 0.717) is 0 Å². The second-order valence-electron chi connectivity index (χ2n) is 6.19. The lowest BCUT2D eigenvalue weighted by atomic mass is 9.79. The Morgan fingerprint density at radius 3 is 2.14 bits per heavy atom. The van der Waals surface area contributed by atoms with Crippen LogP contribution in [0.4, 0.5) is 0 Å². The van der Waals surface area contributed by atoms with E-state index in [1.807, 2.05) is 11.8 Å². The van der Waals surface area contributed by atoms with Gasteiger partial charge in [0.1, 0.15) is 0 Å². The minimum atomic E-state index is 0. The fourth-order valence-corrected chi connectivity index (χ4v) is 2.32. The second kappa shape index (κ2) is 12.7. The van der Waals surface area contributed by atoms with Crippen LogP contribution in [0, 0.1) is 5.41 Å². The van der Waals surface area contributed by atoms with Gasteiger partial charge in [0.15, 0.2) is 5.96 Å². The van der Waals surface area contributed by atoms with E-state index >= 15 is 0 Å². The van der Waals surface area contributed by atoms with Crippen LogP contribution < -0.4 is 10.6 Å². The first-order valence-electron chi connectivity index (χ1n) is 8.06. The number of aliphatic hydroxyl groups is 1. The highest BCUT2D eigenvalue weighted by Crippen LogP contribution is 2.30. The van der Waals surface area contributed by atoms with Crippen molar-refractivity contribution < 1.29 is 5.11 Å². The molecule has 134 valence electrons. The summed E-state index contributed by atoms with van der Waals surface area (Å²) in [5.74, 6) is 0.879. The summed E-state index contributed by atoms with van der Waals surface area (Å²) in [6.07, 6.45) is 5.04. The Balaban J connectivity index is 0. The number of thioether (sulfide) groups is 1. The van der Waals surface area contributed by atoms with E-state index in [-0.39, 0.29) is 40.7 Å². The standard InChI is InChI=1S/C16H35N3OS.HI/c1-7-16(8-2,10-11-20)13-19-14(17-9-3)18-12-15(4,5)21-6;/h20H,7-13H2,1-6H3,(H2,17,18,19);1H. The molecule has 6 heteroatoms. The minimum absolute atomic E-state index is 0. The van der Waals surface area contributed by atoms with Gasteiger partial charge in [-0.3, -0.25) is 4.99 Å². The normalized spacial score (nSPS) is 12.8. The summed E-state index contributed by atoms with van der Waals surface area (Å²) < 4.78 is 0.188. The summed E-state index contributed by atoms with van der Waals surface area (Å²) in [6.45, 7) is 13.6. The second-order valence-corrected chi connectivity index (χ2v) is 7.71. The third kappa shape index (κ3) is 9.45. The van der Waals surface area contributed by atoms with Gasteiger partial charge in [-0.2, -0.15) is 11.8 Å². The van der Waals surface area contributed by atoms with Crippen molar-refractivity contribution in [2.45, 2.75) is 58.6 Å². The zero-order chi connectivity index (χ0) is 16.4. The third-order valence-electron chi connectivity index (χ3n) is 4.29. The van der Waals surface area contributed by atoms with Crippen LogP contribution in [0.5, 0.6) is 0 Å². The molecule has 0 aromatic heterocycles. The predicted octanol–water partition coefficient (Wildman–Crippen LogP) is 3.49. The molecule has 0 amide bonds. The van der Waals surface area contributed by atoms with Crippen LogP contribution in [0.2, 0.25) is 0 Å². The number of hydrogen-bond acceptors (Lipinski definition) is 3. The first kappa shape index (κ1) is 24.6. The largest absolute Gasteiger partial charge is 0.396 e. The average Bonchev–Trinajstić information content (AvgIpc) is 2.49. The number of rotatable bonds is 10. The summed E-state index contributed by atoms with van der Waals surface area (Å²) >= 11 is 1.85. The Morgan fingerprint density at radius 1 is 1.14 bits per heavy atom. The van der Waals surface area contributed by atoms with E-state index in [1.54, 1.807) is 0 Å². The quantitative estimate of drug-likeness (QED) is 0.274. The Hall–Kier alpha value is 0.310. The fourth-order valence-electron chi connectivity index (χ4n) is 2.10. The molecule has 0 saturated heterocycles. The zero-order valence-electron chi connectivity index (χ0n) is 15.2. The molecule has 0 spiro atoms. The fraction of sp³-hybridized carbons (Fsp3) is 0.938. The monoisotopic (exact) mass is 445 g/mol. The molecule has 3 N–H and O–H groups in total. The SMILES string of the molecule is CCNC(=NCC(CC)(CC)CCO)NCC(C)(C)SC.I. The lowest BCUT2D eigenvalue weighted by molar-refractivity contribution is 0.175. The average molecular weight is 445 g/mol. The van der Waals surface area contributed by atoms with Gasteiger partial charge >= 0.3 is 0 Å². The van der Waals surface area contributed by atoms with E-state index in [0.717, 1.165) is 44.9 Å². The van der Waals surface area contributed by atoms with Gasteiger partial charge in [-0.05, 0) is 51.7 Å². The van der Waals surface area contributed by atoms with Crippen molar-refractivity contribution in [1.29, 1.82) is 0 Å². The minimum Gasteiger partial charge on any atom is -0.396 e. The van der Waals surface area contributed by atoms with Crippen LogP contribution >= 0.6 is 35.7 Å². The molecular weight excluding hydrogens is 409 g/mol. The number of nitrogens with zero attached hydrogens (tertiary/aromatic N) is 1. The molecule has 0 bridgehead atoms. The van der Waals surface area contributed by atoms with Crippen molar-refractivity contribution in [2.75, 3.05) is 32.5 Å². The van der Waals surface area contributed by atoms with Crippen molar-refractivity contribution in [3.8, 4) is 0 Å². The summed E-state index contributed by atoms with van der Waals surface area (Å²) in [7, 11) is 0. The van der Waals surface area contributed by atoms with Gasteiger partial charge < -0.3 is 15.7 Å². The highest BCUT2D eigenvalue weighted by molar-refractivity contribution is 14.0. The van der Waals surface area contributed by atoms with Crippen LogP contribution in [0.3, 0.4) is 0 Å². The zero-order valence-corrected chi connectivity index (χ0v) is 18.3. The molecular formula is C16H36IN3OS. The predicted molar refractivity (Wildman–Crippen MR) is 112 cm³/mol. The van der Waals surface area contributed by atoms with E-state index in [9.17, 15) is 5.11 Å². The van der Waals surface area contributed by atoms with Gasteiger partial charge in [0, 0.05) is 31.0 Å². The summed E-state index contributed by atoms with van der Waals surface area (Å²) in [5.41, 5.74) is 0.117. The molecule has 0 aromatic carbocycles. The number of hydrogen-bond donors (Lipinski definition) is 3. The molecule has 0 unspecified atom stereocenters. The molecule has 0 saturated carbocycles. The number of halogens is 1. The maximum Gasteiger partial charge on any atom is 0.191 e. The lowest BCUT2D eigenvalue weighted by Crippen LogP contribution is -2.44. The molecule has 22 heavy (non-hydrogen) atoms. The lowest BCUT2D eigenvalue weighted by Gasteiger charge is -2.30. The molecule has 0 rings (SSSR count). The number of nitrogens with one attached hydrogen (secondary N) is 2. The molecule has 0 aromatic rings. The topological polar surface area (TPSA) is 56.7 Å². The van der Waals surface area contributed by atoms with E-state index in [1.165, 1.54) is 0 Å². The van der Waals surface area contributed by atoms with Crippen molar-refractivity contribution in [1.82, 2.24) is 10.6 Å². The molecule has 0 aliphatic heterocycles. The van der Waals surface area contributed by atoms with E-state index < -0.39 is 0 Å². The van der Waals surface area contributed by atoms with Crippen LogP contribution in [-0.2, 0) is 0 Å². The van der Waals surface area contributed by atoms with Crippen molar-refractivity contribution in [3.63, 3.8) is 0 Å². The van der Waals surface area contributed by atoms with Gasteiger partial charge in [0.05, 0.1) is 0 Å². The third-order valence-corrected chi connectivity index (χ3v) is 5.54. The summed E-state index contributed by atoms with van der Waals surface area (Å²) in [6, 6.07) is 0. The summed E-state index contributed by atoms with van der Waals surface area (Å²) in [4.78, 5) is 4.76. The Morgan fingerprint density at radius 2 is 1.73 bits per heavy atom. The molecule has 0 aliphatic rings. The summed E-state index contributed by atoms with van der Waals surface area (Å²) in [5, 5.41) is 16.0. The van der Waals surface area contributed by atoms with Crippen LogP contribution in [0.15, 0.2) is 4.99 Å². The molecule has 0 fully saturated rings. The van der Waals surface area contributed by atoms with Gasteiger partial charge in [0.25, 0.3) is 0 Å². The molecule has 0 aliphatic carbocycles. The Kier molecular flexibility index (Phi) is 14.2. The maximum atomic E-state index is 9.29. The highest BCUT2D eigenvalue weighted by atomic mass is 127. The highest BCUT2D eigenvalue weighted by Gasteiger charge is 2.25. The number of aliphatic imine (C=N–C) groups is 1. The van der Waals surface area contributed by atoms with Crippen LogP contribution in [-0.4, -0.2) is 48.3 Å². The number of guanidine groups is 1. The van der Waals surface area contributed by atoms with E-state index in [4.69, 9.17) is 4.99 Å². The first-order chi connectivity index (χ1) is 9.88. The van der Waals surface area contributed by atoms with Gasteiger partial charge in [-0.15, -0.1) is 24.0 Å². The molecule has 0 heterocycles. The van der Waals surface area contributed by atoms with Gasteiger partial charge in [-0.1, -0.05) is 13.8 Å². The van der Waals surface area contributed by atoms with Crippen LogP contribution in [0.1, 0.15) is 53.9 Å². The molecule has 0 radical (unpaired) electrons. The van der Waals surface area contributed by atoms with Crippen molar-refractivity contribution in [2.24, 2.45) is 10.4 Å². The van der Waals surface area contributed by atoms with E-state index in [2.05, 4.69) is 51.5 Å². The smallest absolute Gasteiger partial charge is 0.191 e. The first-order valence-corrected chi connectivity index (χ1v) is 9.29.